The number of hydrogen-bond donors (Lipinski definition) is 3. The molecule has 45 heavy (non-hydrogen) atoms. The lowest BCUT2D eigenvalue weighted by Gasteiger charge is -2.29. The summed E-state index contributed by atoms with van der Waals surface area (Å²) in [4.78, 5) is 42.8. The highest BCUT2D eigenvalue weighted by molar-refractivity contribution is 5.95. The molecular formula is C32H40N6O7. The molecule has 13 nitrogen and oxygen atoms in total. The number of carbonyl (C=O) groups excluding carboxylic acids is 3. The number of amides is 1. The average Bonchev–Trinajstić information content (AvgIpc) is 3.56. The van der Waals surface area contributed by atoms with E-state index in [0.717, 1.165) is 5.56 Å². The fraction of sp³-hybridized carbons (Fsp3) is 0.500. The summed E-state index contributed by atoms with van der Waals surface area (Å²) < 4.78 is 18.7. The standard InChI is InChI=1S/C32H40N6O7/c1-6-20(7-2)29(41)37-28-21-13-14-23(38(21)36-18-35-28)32(17-33)27(40)25(44-30(42)26(34)31(3,4)5)22(45-32)16-43-24(39)15-19-11-9-8-10-12-19/h8-14,18,20,22,25-27,40H,6-7,15-16,34H2,1-5H3,(H,35,36,37,41)/t22-,25-,26-,27-,32+/m1/s1. The number of carbonyl (C=O) groups is 3. The van der Waals surface area contributed by atoms with Gasteiger partial charge >= 0.3 is 11.9 Å². The lowest BCUT2D eigenvalue weighted by molar-refractivity contribution is -0.163. The first-order valence-corrected chi connectivity index (χ1v) is 14.9. The van der Waals surface area contributed by atoms with E-state index in [1.807, 2.05) is 26.0 Å². The summed E-state index contributed by atoms with van der Waals surface area (Å²) in [5.41, 5.74) is 4.51. The van der Waals surface area contributed by atoms with E-state index in [2.05, 4.69) is 15.4 Å². The van der Waals surface area contributed by atoms with Crippen LogP contribution in [0.3, 0.4) is 0 Å². The molecule has 0 spiro atoms. The number of nitrogens with two attached hydrogens (primary N) is 1. The highest BCUT2D eigenvalue weighted by Gasteiger charge is 2.60. The fourth-order valence-corrected chi connectivity index (χ4v) is 5.18. The van der Waals surface area contributed by atoms with Crippen molar-refractivity contribution in [2.75, 3.05) is 11.9 Å². The van der Waals surface area contributed by atoms with Gasteiger partial charge in [-0.2, -0.15) is 10.4 Å². The summed E-state index contributed by atoms with van der Waals surface area (Å²) in [5.74, 6) is -1.63. The maximum absolute atomic E-state index is 13.1. The zero-order chi connectivity index (χ0) is 32.9. The Hall–Kier alpha value is -4.38. The first-order chi connectivity index (χ1) is 21.4. The van der Waals surface area contributed by atoms with Gasteiger partial charge in [-0.1, -0.05) is 65.0 Å². The number of nitriles is 1. The fourth-order valence-electron chi connectivity index (χ4n) is 5.18. The van der Waals surface area contributed by atoms with E-state index in [1.165, 1.54) is 16.9 Å². The lowest BCUT2D eigenvalue weighted by atomic mass is 9.87. The number of hydrogen-bond acceptors (Lipinski definition) is 11. The van der Waals surface area contributed by atoms with Crippen LogP contribution >= 0.6 is 0 Å². The van der Waals surface area contributed by atoms with E-state index in [0.29, 0.717) is 18.4 Å². The van der Waals surface area contributed by atoms with Crippen LogP contribution in [-0.4, -0.2) is 68.5 Å². The van der Waals surface area contributed by atoms with Crippen molar-refractivity contribution >= 4 is 29.2 Å². The Bertz CT molecular complexity index is 1560. The Morgan fingerprint density at radius 1 is 1.18 bits per heavy atom. The number of nitrogens with zero attached hydrogens (tertiary/aromatic N) is 4. The molecule has 4 N–H and O–H groups in total. The van der Waals surface area contributed by atoms with Gasteiger partial charge in [-0.15, -0.1) is 0 Å². The normalized spacial score (nSPS) is 22.2. The summed E-state index contributed by atoms with van der Waals surface area (Å²) >= 11 is 0. The third kappa shape index (κ3) is 6.98. The van der Waals surface area contributed by atoms with E-state index in [4.69, 9.17) is 19.9 Å². The van der Waals surface area contributed by atoms with Crippen LogP contribution in [0, 0.1) is 22.7 Å². The van der Waals surface area contributed by atoms with Crippen molar-refractivity contribution in [3.63, 3.8) is 0 Å². The molecule has 0 bridgehead atoms. The average molecular weight is 621 g/mol. The van der Waals surface area contributed by atoms with Gasteiger partial charge in [0.05, 0.1) is 12.1 Å². The number of esters is 2. The summed E-state index contributed by atoms with van der Waals surface area (Å²) in [5, 5.41) is 29.2. The van der Waals surface area contributed by atoms with Gasteiger partial charge in [0, 0.05) is 5.92 Å². The Kier molecular flexibility index (Phi) is 10.2. The minimum absolute atomic E-state index is 0.0233. The van der Waals surface area contributed by atoms with Crippen molar-refractivity contribution in [3.8, 4) is 6.07 Å². The maximum atomic E-state index is 13.1. The highest BCUT2D eigenvalue weighted by atomic mass is 16.6. The first kappa shape index (κ1) is 33.5. The molecule has 1 aliphatic rings. The molecule has 0 unspecified atom stereocenters. The zero-order valence-electron chi connectivity index (χ0n) is 26.1. The molecule has 1 saturated heterocycles. The van der Waals surface area contributed by atoms with Gasteiger partial charge in [0.1, 0.15) is 42.8 Å². The number of fused-ring (bicyclic) bond motifs is 1. The van der Waals surface area contributed by atoms with Crippen molar-refractivity contribution in [1.29, 1.82) is 5.26 Å². The smallest absolute Gasteiger partial charge is 0.323 e. The van der Waals surface area contributed by atoms with E-state index in [1.54, 1.807) is 51.1 Å². The summed E-state index contributed by atoms with van der Waals surface area (Å²) in [6.45, 7) is 8.69. The van der Waals surface area contributed by atoms with Crippen molar-refractivity contribution in [2.45, 2.75) is 83.8 Å². The van der Waals surface area contributed by atoms with Crippen LogP contribution in [-0.2, 0) is 40.6 Å². The molecule has 5 atom stereocenters. The zero-order valence-corrected chi connectivity index (χ0v) is 26.1. The number of aliphatic hydroxyl groups is 1. The molecular weight excluding hydrogens is 580 g/mol. The van der Waals surface area contributed by atoms with Crippen molar-refractivity contribution in [2.24, 2.45) is 17.1 Å². The van der Waals surface area contributed by atoms with Crippen LogP contribution in [0.2, 0.25) is 0 Å². The van der Waals surface area contributed by atoms with Crippen molar-refractivity contribution in [1.82, 2.24) is 14.6 Å². The maximum Gasteiger partial charge on any atom is 0.323 e. The van der Waals surface area contributed by atoms with Gasteiger partial charge in [0.25, 0.3) is 0 Å². The second-order valence-electron chi connectivity index (χ2n) is 12.2. The molecule has 240 valence electrons. The number of anilines is 1. The molecule has 1 aliphatic heterocycles. The number of aliphatic hydroxyl groups excluding tert-OH is 1. The van der Waals surface area contributed by atoms with Gasteiger partial charge in [-0.25, -0.2) is 9.50 Å². The lowest BCUT2D eigenvalue weighted by Crippen LogP contribution is -2.49. The number of ether oxygens (including phenoxy) is 3. The number of aromatic nitrogens is 3. The SMILES string of the molecule is CCC(CC)C(=O)Nc1ncnn2c([C@]3(C#N)O[C@H](COC(=O)Cc4ccccc4)[C@@H](OC(=O)[C@@H](N)C(C)(C)C)[C@H]3O)ccc12. The van der Waals surface area contributed by atoms with Crippen LogP contribution in [0.4, 0.5) is 5.82 Å². The Balaban J connectivity index is 1.67. The predicted molar refractivity (Wildman–Crippen MR) is 162 cm³/mol. The molecule has 3 heterocycles. The number of nitrogens with one attached hydrogen (secondary N) is 1. The molecule has 1 amide bonds. The van der Waals surface area contributed by atoms with Gasteiger partial charge in [0.2, 0.25) is 11.5 Å². The molecule has 0 radical (unpaired) electrons. The van der Waals surface area contributed by atoms with E-state index >= 15 is 0 Å². The third-order valence-corrected chi connectivity index (χ3v) is 8.07. The minimum Gasteiger partial charge on any atom is -0.463 e. The molecule has 1 aromatic carbocycles. The van der Waals surface area contributed by atoms with E-state index < -0.39 is 53.9 Å². The van der Waals surface area contributed by atoms with Crippen LogP contribution < -0.4 is 11.1 Å². The first-order valence-electron chi connectivity index (χ1n) is 14.9. The highest BCUT2D eigenvalue weighted by Crippen LogP contribution is 2.42. The second-order valence-corrected chi connectivity index (χ2v) is 12.2. The van der Waals surface area contributed by atoms with Gasteiger partial charge < -0.3 is 30.4 Å². The molecule has 1 fully saturated rings. The van der Waals surface area contributed by atoms with Gasteiger partial charge in [-0.05, 0) is 36.0 Å². The van der Waals surface area contributed by atoms with Crippen LogP contribution in [0.5, 0.6) is 0 Å². The summed E-state index contributed by atoms with van der Waals surface area (Å²) in [6.07, 6.45) is -1.95. The largest absolute Gasteiger partial charge is 0.463 e. The molecule has 4 rings (SSSR count). The van der Waals surface area contributed by atoms with E-state index in [9.17, 15) is 24.8 Å². The number of rotatable bonds is 11. The van der Waals surface area contributed by atoms with Crippen molar-refractivity contribution in [3.05, 3.63) is 60.0 Å². The molecule has 0 saturated carbocycles. The van der Waals surface area contributed by atoms with Gasteiger partial charge in [0.15, 0.2) is 11.9 Å². The molecule has 2 aromatic heterocycles. The van der Waals surface area contributed by atoms with Crippen molar-refractivity contribution < 1.29 is 33.7 Å². The Labute approximate surface area is 261 Å². The topological polar surface area (TPSA) is 191 Å². The van der Waals surface area contributed by atoms with Crippen LogP contribution in [0.1, 0.15) is 58.7 Å². The second kappa shape index (κ2) is 13.7. The Morgan fingerprint density at radius 2 is 1.87 bits per heavy atom. The predicted octanol–water partition coefficient (Wildman–Crippen LogP) is 2.65. The molecule has 0 aliphatic carbocycles. The van der Waals surface area contributed by atoms with Crippen LogP contribution in [0.25, 0.3) is 5.52 Å². The monoisotopic (exact) mass is 620 g/mol. The van der Waals surface area contributed by atoms with E-state index in [-0.39, 0.29) is 29.8 Å². The Morgan fingerprint density at radius 3 is 2.49 bits per heavy atom. The summed E-state index contributed by atoms with van der Waals surface area (Å²) in [7, 11) is 0. The summed E-state index contributed by atoms with van der Waals surface area (Å²) in [6, 6.07) is 13.0. The quantitative estimate of drug-likeness (QED) is 0.267. The minimum atomic E-state index is -2.12. The third-order valence-electron chi connectivity index (χ3n) is 8.07. The molecule has 3 aromatic rings. The van der Waals surface area contributed by atoms with Gasteiger partial charge in [-0.3, -0.25) is 14.4 Å². The van der Waals surface area contributed by atoms with Crippen LogP contribution in [0.15, 0.2) is 48.8 Å². The number of benzene rings is 1. The molecule has 13 heteroatoms.